The summed E-state index contributed by atoms with van der Waals surface area (Å²) < 4.78 is 18.2. The van der Waals surface area contributed by atoms with Crippen LogP contribution in [0.3, 0.4) is 0 Å². The summed E-state index contributed by atoms with van der Waals surface area (Å²) in [6.07, 6.45) is 8.31. The summed E-state index contributed by atoms with van der Waals surface area (Å²) in [5.41, 5.74) is 2.78. The summed E-state index contributed by atoms with van der Waals surface area (Å²) in [6, 6.07) is 16.1. The number of methoxy groups -OCH3 is 1. The first-order valence-electron chi connectivity index (χ1n) is 11.9. The fourth-order valence-corrected chi connectivity index (χ4v) is 3.87. The lowest BCUT2D eigenvalue weighted by molar-refractivity contribution is 0.0544. The van der Waals surface area contributed by atoms with E-state index in [0.29, 0.717) is 6.61 Å². The van der Waals surface area contributed by atoms with E-state index in [1.807, 2.05) is 69.4 Å². The predicted octanol–water partition coefficient (Wildman–Crippen LogP) is 7.14. The standard InChI is InChI=1S/C28H37NO4/c1-28(2,3)33-27(30)29-20-23(25-13-9-10-14-26(25)29)12-8-6-5-7-11-19-32-21-22-15-17-24(31-4)18-16-22/h9-10,13-18,20H,5-8,11-12,19,21H2,1-4H3. The molecule has 3 aromatic rings. The Balaban J connectivity index is 1.37. The highest BCUT2D eigenvalue weighted by Gasteiger charge is 2.20. The highest BCUT2D eigenvalue weighted by Crippen LogP contribution is 2.24. The number of ether oxygens (including phenoxy) is 3. The number of carbonyl (C=O) groups is 1. The number of nitrogens with zero attached hydrogens (tertiary/aromatic N) is 1. The Morgan fingerprint density at radius 3 is 2.33 bits per heavy atom. The van der Waals surface area contributed by atoms with Gasteiger partial charge in [-0.3, -0.25) is 4.57 Å². The highest BCUT2D eigenvalue weighted by atomic mass is 16.6. The lowest BCUT2D eigenvalue weighted by Gasteiger charge is -2.19. The van der Waals surface area contributed by atoms with Gasteiger partial charge in [0.1, 0.15) is 11.4 Å². The number of carbonyl (C=O) groups excluding carboxylic acids is 1. The third-order valence-corrected chi connectivity index (χ3v) is 5.55. The summed E-state index contributed by atoms with van der Waals surface area (Å²) in [4.78, 5) is 12.6. The predicted molar refractivity (Wildman–Crippen MR) is 133 cm³/mol. The van der Waals surface area contributed by atoms with Crippen molar-refractivity contribution in [3.8, 4) is 5.75 Å². The van der Waals surface area contributed by atoms with Crippen LogP contribution < -0.4 is 4.74 Å². The van der Waals surface area contributed by atoms with Crippen molar-refractivity contribution in [2.75, 3.05) is 13.7 Å². The molecule has 0 aliphatic rings. The topological polar surface area (TPSA) is 49.7 Å². The van der Waals surface area contributed by atoms with E-state index in [0.717, 1.165) is 42.5 Å². The molecule has 1 aromatic heterocycles. The molecule has 0 bridgehead atoms. The maximum Gasteiger partial charge on any atom is 0.419 e. The first-order valence-corrected chi connectivity index (χ1v) is 11.9. The maximum absolute atomic E-state index is 12.6. The third-order valence-electron chi connectivity index (χ3n) is 5.55. The van der Waals surface area contributed by atoms with Crippen molar-refractivity contribution >= 4 is 17.0 Å². The van der Waals surface area contributed by atoms with Crippen molar-refractivity contribution in [1.29, 1.82) is 0 Å². The fourth-order valence-electron chi connectivity index (χ4n) is 3.87. The molecule has 1 heterocycles. The molecule has 5 heteroatoms. The minimum Gasteiger partial charge on any atom is -0.497 e. The second-order valence-electron chi connectivity index (χ2n) is 9.44. The molecule has 178 valence electrons. The van der Waals surface area contributed by atoms with E-state index < -0.39 is 5.60 Å². The number of hydrogen-bond acceptors (Lipinski definition) is 4. The second-order valence-corrected chi connectivity index (χ2v) is 9.44. The van der Waals surface area contributed by atoms with Crippen LogP contribution in [0.4, 0.5) is 4.79 Å². The number of benzene rings is 2. The van der Waals surface area contributed by atoms with Crippen molar-refractivity contribution in [3.05, 3.63) is 65.9 Å². The van der Waals surface area contributed by atoms with Crippen molar-refractivity contribution in [3.63, 3.8) is 0 Å². The molecule has 2 aromatic carbocycles. The summed E-state index contributed by atoms with van der Waals surface area (Å²) >= 11 is 0. The van der Waals surface area contributed by atoms with Gasteiger partial charge >= 0.3 is 6.09 Å². The highest BCUT2D eigenvalue weighted by molar-refractivity contribution is 5.92. The van der Waals surface area contributed by atoms with E-state index in [1.54, 1.807) is 11.7 Å². The molecule has 0 N–H and O–H groups in total. The second kappa shape index (κ2) is 11.9. The Morgan fingerprint density at radius 2 is 1.61 bits per heavy atom. The van der Waals surface area contributed by atoms with E-state index in [1.165, 1.54) is 30.4 Å². The number of unbranched alkanes of at least 4 members (excludes halogenated alkanes) is 4. The van der Waals surface area contributed by atoms with E-state index in [2.05, 4.69) is 6.07 Å². The molecule has 0 saturated carbocycles. The summed E-state index contributed by atoms with van der Waals surface area (Å²) in [5, 5.41) is 1.13. The quantitative estimate of drug-likeness (QED) is 0.291. The Hall–Kier alpha value is -2.79. The Labute approximate surface area is 197 Å². The Morgan fingerprint density at radius 1 is 0.909 bits per heavy atom. The van der Waals surface area contributed by atoms with Gasteiger partial charge in [-0.15, -0.1) is 0 Å². The van der Waals surface area contributed by atoms with E-state index in [9.17, 15) is 4.79 Å². The van der Waals surface area contributed by atoms with Crippen molar-refractivity contribution < 1.29 is 19.0 Å². The number of fused-ring (bicyclic) bond motifs is 1. The van der Waals surface area contributed by atoms with Crippen LogP contribution in [-0.4, -0.2) is 30.0 Å². The Bertz CT molecular complexity index is 1010. The van der Waals surface area contributed by atoms with Crippen LogP contribution in [0.2, 0.25) is 0 Å². The van der Waals surface area contributed by atoms with E-state index >= 15 is 0 Å². The van der Waals surface area contributed by atoms with Crippen LogP contribution in [0, 0.1) is 0 Å². The van der Waals surface area contributed by atoms with Gasteiger partial charge in [0.25, 0.3) is 0 Å². The number of rotatable bonds is 11. The average molecular weight is 452 g/mol. The van der Waals surface area contributed by atoms with Crippen molar-refractivity contribution in [2.24, 2.45) is 0 Å². The maximum atomic E-state index is 12.6. The first-order chi connectivity index (χ1) is 15.9. The summed E-state index contributed by atoms with van der Waals surface area (Å²) in [5.74, 6) is 0.869. The normalized spacial score (nSPS) is 11.6. The summed E-state index contributed by atoms with van der Waals surface area (Å²) in [7, 11) is 1.67. The zero-order chi connectivity index (χ0) is 23.7. The molecule has 3 rings (SSSR count). The van der Waals surface area contributed by atoms with E-state index in [4.69, 9.17) is 14.2 Å². The molecule has 0 amide bonds. The SMILES string of the molecule is COc1ccc(COCCCCCCCc2cn(C(=O)OC(C)(C)C)c3ccccc23)cc1. The zero-order valence-electron chi connectivity index (χ0n) is 20.4. The number of aromatic nitrogens is 1. The monoisotopic (exact) mass is 451 g/mol. The van der Waals surface area contributed by atoms with Gasteiger partial charge in [0.05, 0.1) is 19.2 Å². The lowest BCUT2D eigenvalue weighted by atomic mass is 10.0. The van der Waals surface area contributed by atoms with Gasteiger partial charge in [0, 0.05) is 18.2 Å². The Kier molecular flexibility index (Phi) is 8.95. The van der Waals surface area contributed by atoms with Gasteiger partial charge in [-0.05, 0) is 69.4 Å². The molecule has 0 aliphatic heterocycles. The molecular weight excluding hydrogens is 414 g/mol. The first kappa shape index (κ1) is 24.8. The molecule has 0 spiro atoms. The van der Waals surface area contributed by atoms with E-state index in [-0.39, 0.29) is 6.09 Å². The molecule has 0 radical (unpaired) electrons. The van der Waals surface area contributed by atoms with Gasteiger partial charge in [-0.2, -0.15) is 0 Å². The lowest BCUT2D eigenvalue weighted by Crippen LogP contribution is -2.26. The van der Waals surface area contributed by atoms with Crippen molar-refractivity contribution in [2.45, 2.75) is 71.5 Å². The average Bonchev–Trinajstić information content (AvgIpc) is 3.16. The smallest absolute Gasteiger partial charge is 0.419 e. The van der Waals surface area contributed by atoms with Gasteiger partial charge in [0.2, 0.25) is 0 Å². The van der Waals surface area contributed by atoms with Gasteiger partial charge < -0.3 is 14.2 Å². The number of para-hydroxylation sites is 1. The molecular formula is C28H37NO4. The molecule has 0 atom stereocenters. The molecule has 5 nitrogen and oxygen atoms in total. The van der Waals surface area contributed by atoms with Crippen LogP contribution in [-0.2, 0) is 22.5 Å². The number of aryl methyl sites for hydroxylation is 1. The number of hydrogen-bond donors (Lipinski definition) is 0. The van der Waals surface area contributed by atoms with Gasteiger partial charge in [-0.1, -0.05) is 49.6 Å². The van der Waals surface area contributed by atoms with Crippen LogP contribution in [0.1, 0.15) is 64.0 Å². The minimum absolute atomic E-state index is 0.320. The molecule has 0 saturated heterocycles. The minimum atomic E-state index is -0.513. The summed E-state index contributed by atoms with van der Waals surface area (Å²) in [6.45, 7) is 7.10. The van der Waals surface area contributed by atoms with Gasteiger partial charge in [-0.25, -0.2) is 4.79 Å². The zero-order valence-corrected chi connectivity index (χ0v) is 20.4. The molecule has 0 unspecified atom stereocenters. The van der Waals surface area contributed by atoms with Gasteiger partial charge in [0.15, 0.2) is 0 Å². The molecule has 0 fully saturated rings. The third kappa shape index (κ3) is 7.64. The van der Waals surface area contributed by atoms with Crippen LogP contribution in [0.15, 0.2) is 54.7 Å². The van der Waals surface area contributed by atoms with Crippen molar-refractivity contribution in [1.82, 2.24) is 4.57 Å². The van der Waals surface area contributed by atoms with Crippen LogP contribution >= 0.6 is 0 Å². The molecule has 0 aliphatic carbocycles. The van der Waals surface area contributed by atoms with Crippen LogP contribution in [0.25, 0.3) is 10.9 Å². The van der Waals surface area contributed by atoms with Crippen LogP contribution in [0.5, 0.6) is 5.75 Å². The molecule has 33 heavy (non-hydrogen) atoms. The largest absolute Gasteiger partial charge is 0.497 e. The fraction of sp³-hybridized carbons (Fsp3) is 0.464.